The molecule has 3 rings (SSSR count). The Morgan fingerprint density at radius 1 is 1.32 bits per heavy atom. The van der Waals surface area contributed by atoms with Gasteiger partial charge in [0.2, 0.25) is 0 Å². The standard InChI is InChI=1S/C16H19N3O2S/c1-16(14(21)18-15-17-9-11-22-15)8-5-10-19(16)13(20)12-6-3-2-4-7-12/h2-4,6-7H,5,8-11H2,1H3,(H,17,18,21). The zero-order valence-corrected chi connectivity index (χ0v) is 13.4. The van der Waals surface area contributed by atoms with Crippen LogP contribution in [0.3, 0.4) is 0 Å². The number of nitrogens with zero attached hydrogens (tertiary/aromatic N) is 2. The number of rotatable bonds is 2. The molecular formula is C16H19N3O2S. The van der Waals surface area contributed by atoms with Crippen molar-refractivity contribution in [3.8, 4) is 0 Å². The molecule has 0 bridgehead atoms. The Morgan fingerprint density at radius 3 is 2.77 bits per heavy atom. The number of likely N-dealkylation sites (tertiary alicyclic amines) is 1. The van der Waals surface area contributed by atoms with Gasteiger partial charge in [0.05, 0.1) is 6.54 Å². The highest BCUT2D eigenvalue weighted by Gasteiger charge is 2.46. The molecule has 1 atom stereocenters. The highest BCUT2D eigenvalue weighted by molar-refractivity contribution is 8.14. The van der Waals surface area contributed by atoms with Crippen LogP contribution < -0.4 is 5.32 Å². The van der Waals surface area contributed by atoms with Gasteiger partial charge in [0, 0.05) is 17.9 Å². The number of hydrogen-bond acceptors (Lipinski definition) is 4. The lowest BCUT2D eigenvalue weighted by atomic mass is 9.97. The summed E-state index contributed by atoms with van der Waals surface area (Å²) in [4.78, 5) is 31.3. The second kappa shape index (κ2) is 6.12. The van der Waals surface area contributed by atoms with E-state index in [9.17, 15) is 9.59 Å². The third-order valence-electron chi connectivity index (χ3n) is 4.20. The van der Waals surface area contributed by atoms with Crippen LogP contribution in [0.1, 0.15) is 30.1 Å². The van der Waals surface area contributed by atoms with Crippen molar-refractivity contribution in [1.29, 1.82) is 0 Å². The minimum Gasteiger partial charge on any atom is -0.324 e. The lowest BCUT2D eigenvalue weighted by molar-refractivity contribution is -0.128. The van der Waals surface area contributed by atoms with Gasteiger partial charge < -0.3 is 10.2 Å². The molecule has 6 heteroatoms. The number of nitrogens with one attached hydrogen (secondary N) is 1. The lowest BCUT2D eigenvalue weighted by Crippen LogP contribution is -2.56. The van der Waals surface area contributed by atoms with E-state index >= 15 is 0 Å². The maximum atomic E-state index is 12.7. The fourth-order valence-electron chi connectivity index (χ4n) is 2.90. The molecule has 0 saturated carbocycles. The molecule has 1 aromatic carbocycles. The van der Waals surface area contributed by atoms with E-state index < -0.39 is 5.54 Å². The van der Waals surface area contributed by atoms with Crippen LogP contribution in [-0.2, 0) is 4.79 Å². The van der Waals surface area contributed by atoms with Gasteiger partial charge >= 0.3 is 0 Å². The zero-order valence-electron chi connectivity index (χ0n) is 12.5. The molecule has 1 unspecified atom stereocenters. The van der Waals surface area contributed by atoms with Crippen molar-refractivity contribution in [3.05, 3.63) is 35.9 Å². The minimum absolute atomic E-state index is 0.0863. The summed E-state index contributed by atoms with van der Waals surface area (Å²) >= 11 is 1.55. The van der Waals surface area contributed by atoms with Crippen LogP contribution in [0.2, 0.25) is 0 Å². The third kappa shape index (κ3) is 2.75. The summed E-state index contributed by atoms with van der Waals surface area (Å²) in [5, 5.41) is 3.55. The molecular weight excluding hydrogens is 298 g/mol. The second-order valence-electron chi connectivity index (χ2n) is 5.69. The largest absolute Gasteiger partial charge is 0.324 e. The van der Waals surface area contributed by atoms with Gasteiger partial charge in [-0.1, -0.05) is 30.0 Å². The summed E-state index contributed by atoms with van der Waals surface area (Å²) in [5.41, 5.74) is -0.186. The van der Waals surface area contributed by atoms with Crippen molar-refractivity contribution in [2.75, 3.05) is 18.8 Å². The molecule has 1 fully saturated rings. The van der Waals surface area contributed by atoms with E-state index in [-0.39, 0.29) is 11.8 Å². The van der Waals surface area contributed by atoms with E-state index in [1.54, 1.807) is 28.8 Å². The monoisotopic (exact) mass is 317 g/mol. The van der Waals surface area contributed by atoms with Crippen LogP contribution in [0.4, 0.5) is 0 Å². The minimum atomic E-state index is -0.807. The normalized spacial score (nSPS) is 24.2. The van der Waals surface area contributed by atoms with Gasteiger partial charge in [-0.15, -0.1) is 0 Å². The smallest absolute Gasteiger partial charge is 0.254 e. The van der Waals surface area contributed by atoms with Gasteiger partial charge in [-0.25, -0.2) is 0 Å². The Morgan fingerprint density at radius 2 is 2.09 bits per heavy atom. The maximum absolute atomic E-state index is 12.7. The van der Waals surface area contributed by atoms with Crippen molar-refractivity contribution in [3.63, 3.8) is 0 Å². The molecule has 1 N–H and O–H groups in total. The van der Waals surface area contributed by atoms with Crippen LogP contribution in [0.5, 0.6) is 0 Å². The summed E-state index contributed by atoms with van der Waals surface area (Å²) in [6, 6.07) is 9.13. The summed E-state index contributed by atoms with van der Waals surface area (Å²) in [6.07, 6.45) is 1.51. The number of carbonyl (C=O) groups excluding carboxylic acids is 2. The number of benzene rings is 1. The van der Waals surface area contributed by atoms with Crippen LogP contribution in [0, 0.1) is 0 Å². The molecule has 0 aliphatic carbocycles. The first-order valence-electron chi connectivity index (χ1n) is 7.47. The third-order valence-corrected chi connectivity index (χ3v) is 5.09. The topological polar surface area (TPSA) is 61.8 Å². The van der Waals surface area contributed by atoms with Crippen LogP contribution in [-0.4, -0.2) is 46.3 Å². The first-order chi connectivity index (χ1) is 10.6. The van der Waals surface area contributed by atoms with Crippen LogP contribution in [0.25, 0.3) is 0 Å². The molecule has 0 aromatic heterocycles. The second-order valence-corrected chi connectivity index (χ2v) is 6.77. The molecule has 2 heterocycles. The lowest BCUT2D eigenvalue weighted by Gasteiger charge is -2.33. The summed E-state index contributed by atoms with van der Waals surface area (Å²) < 4.78 is 0. The Bertz CT molecular complexity index is 617. The maximum Gasteiger partial charge on any atom is 0.254 e. The molecule has 22 heavy (non-hydrogen) atoms. The van der Waals surface area contributed by atoms with E-state index in [0.29, 0.717) is 23.7 Å². The molecule has 1 saturated heterocycles. The molecule has 116 valence electrons. The SMILES string of the molecule is CC1(C(=O)NC2=NCCS2)CCCN1C(=O)c1ccccc1. The average molecular weight is 317 g/mol. The van der Waals surface area contributed by atoms with Crippen molar-refractivity contribution in [1.82, 2.24) is 10.2 Å². The number of aliphatic imine (C=N–C) groups is 1. The fourth-order valence-corrected chi connectivity index (χ4v) is 3.63. The van der Waals surface area contributed by atoms with Gasteiger partial charge in [-0.2, -0.15) is 0 Å². The molecule has 2 amide bonds. The van der Waals surface area contributed by atoms with Crippen molar-refractivity contribution < 1.29 is 9.59 Å². The quantitative estimate of drug-likeness (QED) is 0.906. The molecule has 2 aliphatic rings. The van der Waals surface area contributed by atoms with E-state index in [0.717, 1.165) is 18.7 Å². The average Bonchev–Trinajstić information content (AvgIpc) is 3.18. The Hall–Kier alpha value is -1.82. The van der Waals surface area contributed by atoms with E-state index in [1.807, 2.05) is 25.1 Å². The number of amidine groups is 1. The Kier molecular flexibility index (Phi) is 4.20. The Labute approximate surface area is 134 Å². The van der Waals surface area contributed by atoms with Gasteiger partial charge in [-0.3, -0.25) is 14.6 Å². The zero-order chi connectivity index (χ0) is 15.6. The van der Waals surface area contributed by atoms with E-state index in [2.05, 4.69) is 10.3 Å². The van der Waals surface area contributed by atoms with Gasteiger partial charge in [0.15, 0.2) is 5.17 Å². The molecule has 0 spiro atoms. The number of amides is 2. The van der Waals surface area contributed by atoms with Gasteiger partial charge in [0.1, 0.15) is 5.54 Å². The number of hydrogen-bond donors (Lipinski definition) is 1. The highest BCUT2D eigenvalue weighted by atomic mass is 32.2. The molecule has 5 nitrogen and oxygen atoms in total. The van der Waals surface area contributed by atoms with Crippen LogP contribution >= 0.6 is 11.8 Å². The highest BCUT2D eigenvalue weighted by Crippen LogP contribution is 2.31. The fraction of sp³-hybridized carbons (Fsp3) is 0.438. The van der Waals surface area contributed by atoms with Gasteiger partial charge in [-0.05, 0) is 31.9 Å². The number of carbonyl (C=O) groups is 2. The van der Waals surface area contributed by atoms with Crippen molar-refractivity contribution >= 4 is 28.7 Å². The summed E-state index contributed by atoms with van der Waals surface area (Å²) in [7, 11) is 0. The first kappa shape index (κ1) is 15.1. The first-order valence-corrected chi connectivity index (χ1v) is 8.45. The summed E-state index contributed by atoms with van der Waals surface area (Å²) in [5.74, 6) is 0.679. The van der Waals surface area contributed by atoms with Crippen LogP contribution in [0.15, 0.2) is 35.3 Å². The predicted octanol–water partition coefficient (Wildman–Crippen LogP) is 1.90. The Balaban J connectivity index is 1.79. The van der Waals surface area contributed by atoms with Crippen molar-refractivity contribution in [2.24, 2.45) is 4.99 Å². The van der Waals surface area contributed by atoms with E-state index in [1.165, 1.54) is 0 Å². The summed E-state index contributed by atoms with van der Waals surface area (Å²) in [6.45, 7) is 3.19. The van der Waals surface area contributed by atoms with Gasteiger partial charge in [0.25, 0.3) is 11.8 Å². The number of thioether (sulfide) groups is 1. The van der Waals surface area contributed by atoms with E-state index in [4.69, 9.17) is 0 Å². The predicted molar refractivity (Wildman–Crippen MR) is 88.0 cm³/mol. The molecule has 1 aromatic rings. The molecule has 0 radical (unpaired) electrons. The van der Waals surface area contributed by atoms with Crippen molar-refractivity contribution in [2.45, 2.75) is 25.3 Å². The molecule has 2 aliphatic heterocycles.